The van der Waals surface area contributed by atoms with Gasteiger partial charge >= 0.3 is 0 Å². The summed E-state index contributed by atoms with van der Waals surface area (Å²) in [6, 6.07) is 4.54. The first kappa shape index (κ1) is 22.1. The van der Waals surface area contributed by atoms with E-state index in [1.807, 2.05) is 42.1 Å². The number of hydrogen-bond acceptors (Lipinski definition) is 7. The van der Waals surface area contributed by atoms with Gasteiger partial charge in [0, 0.05) is 19.7 Å². The molecule has 0 fully saturated rings. The van der Waals surface area contributed by atoms with Gasteiger partial charge in [-0.1, -0.05) is 28.3 Å². The van der Waals surface area contributed by atoms with Gasteiger partial charge in [0.1, 0.15) is 25.7 Å². The van der Waals surface area contributed by atoms with Crippen molar-refractivity contribution in [2.75, 3.05) is 11.9 Å². The van der Waals surface area contributed by atoms with Crippen molar-refractivity contribution in [3.8, 4) is 0 Å². The van der Waals surface area contributed by atoms with Crippen LogP contribution in [0.3, 0.4) is 0 Å². The summed E-state index contributed by atoms with van der Waals surface area (Å²) < 4.78 is 38.3. The van der Waals surface area contributed by atoms with Crippen molar-refractivity contribution >= 4 is 51.2 Å². The summed E-state index contributed by atoms with van der Waals surface area (Å²) in [7, 11) is 1.76. The molecule has 0 N–H and O–H groups in total. The Kier molecular flexibility index (Phi) is 5.71. The number of anilines is 1. The number of thiazole rings is 2. The summed E-state index contributed by atoms with van der Waals surface area (Å²) >= 11 is 4.00. The van der Waals surface area contributed by atoms with Crippen molar-refractivity contribution in [1.29, 1.82) is 0 Å². The number of benzene rings is 1. The van der Waals surface area contributed by atoms with Crippen LogP contribution in [0.15, 0.2) is 44.0 Å². The third kappa shape index (κ3) is 3.83. The Hall–Kier alpha value is -2.76. The molecule has 1 aromatic carbocycles. The van der Waals surface area contributed by atoms with Crippen LogP contribution < -0.4 is 24.2 Å². The second-order valence-corrected chi connectivity index (χ2v) is 10.4. The number of thioether (sulfide) groups is 1. The van der Waals surface area contributed by atoms with Crippen LogP contribution in [0.5, 0.6) is 0 Å². The Morgan fingerprint density at radius 2 is 2.12 bits per heavy atom. The van der Waals surface area contributed by atoms with Crippen LogP contribution >= 0.6 is 34.4 Å². The van der Waals surface area contributed by atoms with Gasteiger partial charge < -0.3 is 9.42 Å². The molecule has 11 heteroatoms. The normalized spacial score (nSPS) is 15.5. The highest BCUT2D eigenvalue weighted by molar-refractivity contribution is 8.08. The molecule has 0 bridgehead atoms. The number of rotatable bonds is 4. The lowest BCUT2D eigenvalue weighted by Crippen LogP contribution is -2.36. The lowest BCUT2D eigenvalue weighted by atomic mass is 10.3. The van der Waals surface area contributed by atoms with Crippen LogP contribution in [-0.2, 0) is 13.1 Å². The van der Waals surface area contributed by atoms with Gasteiger partial charge in [-0.2, -0.15) is 4.57 Å². The predicted molar refractivity (Wildman–Crippen MR) is 126 cm³/mol. The van der Waals surface area contributed by atoms with E-state index >= 15 is 0 Å². The average Bonchev–Trinajstić information content (AvgIpc) is 3.54. The molecule has 0 saturated carbocycles. The second-order valence-electron chi connectivity index (χ2n) is 7.44. The minimum Gasteiger partial charge on any atom is -0.361 e. The van der Waals surface area contributed by atoms with E-state index in [0.717, 1.165) is 39.0 Å². The maximum absolute atomic E-state index is 14.4. The lowest BCUT2D eigenvalue weighted by Gasteiger charge is -2.12. The molecule has 4 aromatic rings. The van der Waals surface area contributed by atoms with Gasteiger partial charge in [0.15, 0.2) is 24.4 Å². The van der Waals surface area contributed by atoms with Gasteiger partial charge in [-0.05, 0) is 26.0 Å². The number of aryl methyl sites for hydroxylation is 1. The molecule has 170 valence electrons. The van der Waals surface area contributed by atoms with Crippen molar-refractivity contribution in [2.45, 2.75) is 31.8 Å². The van der Waals surface area contributed by atoms with Crippen molar-refractivity contribution in [1.82, 2.24) is 9.72 Å². The summed E-state index contributed by atoms with van der Waals surface area (Å²) in [6.45, 7) is 4.81. The largest absolute Gasteiger partial charge is 0.361 e. The highest BCUT2D eigenvalue weighted by Crippen LogP contribution is 2.47. The third-order valence-electron chi connectivity index (χ3n) is 5.29. The standard InChI is InChI=1S/C22H19F2N4O2S3/c1-4-28-17(10-16-27(7-8-31-16)11-13-9-12(2)30-25-13)32-20(21(28)29)22-26(3)15-6-5-14(23)18(24)19(15)33-22/h5-10H,4,11H2,1-3H3/q+1/b22-20+. The van der Waals surface area contributed by atoms with E-state index in [2.05, 4.69) is 5.16 Å². The van der Waals surface area contributed by atoms with Crippen molar-refractivity contribution < 1.29 is 17.9 Å². The molecule has 0 amide bonds. The first-order chi connectivity index (χ1) is 15.9. The maximum Gasteiger partial charge on any atom is 0.271 e. The number of hydrogen-bond donors (Lipinski definition) is 0. The molecular weight excluding hydrogens is 486 g/mol. The molecule has 0 spiro atoms. The summed E-state index contributed by atoms with van der Waals surface area (Å²) in [5.74, 6) is -1.03. The van der Waals surface area contributed by atoms with Crippen LogP contribution in [0, 0.1) is 18.6 Å². The molecule has 3 aromatic heterocycles. The molecule has 1 aliphatic heterocycles. The number of halogens is 2. The predicted octanol–water partition coefficient (Wildman–Crippen LogP) is 3.04. The molecular formula is C22H19F2N4O2S3+. The molecule has 0 saturated heterocycles. The maximum atomic E-state index is 14.4. The number of fused-ring (bicyclic) bond motifs is 1. The first-order valence-electron chi connectivity index (χ1n) is 10.1. The zero-order valence-corrected chi connectivity index (χ0v) is 20.4. The van der Waals surface area contributed by atoms with E-state index in [-0.39, 0.29) is 10.5 Å². The zero-order chi connectivity index (χ0) is 23.3. The zero-order valence-electron chi connectivity index (χ0n) is 18.0. The highest BCUT2D eigenvalue weighted by Gasteiger charge is 2.29. The van der Waals surface area contributed by atoms with E-state index < -0.39 is 11.6 Å². The Morgan fingerprint density at radius 3 is 2.85 bits per heavy atom. The second kappa shape index (κ2) is 8.54. The molecule has 33 heavy (non-hydrogen) atoms. The molecule has 6 nitrogen and oxygen atoms in total. The van der Waals surface area contributed by atoms with Gasteiger partial charge in [-0.3, -0.25) is 9.36 Å². The third-order valence-corrected chi connectivity index (χ3v) is 8.65. The van der Waals surface area contributed by atoms with E-state index in [4.69, 9.17) is 4.52 Å². The summed E-state index contributed by atoms with van der Waals surface area (Å²) in [5.41, 5.74) is 1.22. The molecule has 0 atom stereocenters. The van der Waals surface area contributed by atoms with E-state index in [0.29, 0.717) is 28.3 Å². The SMILES string of the molecule is CCn1c(=O)/c(=C2\Sc3c(ccc(F)c3F)N2C)s/c1=C\c1scc[n+]1Cc1cc(C)on1. The van der Waals surface area contributed by atoms with E-state index in [9.17, 15) is 13.6 Å². The van der Waals surface area contributed by atoms with Crippen LogP contribution in [0.4, 0.5) is 14.5 Å². The molecule has 1 aliphatic rings. The molecule has 0 radical (unpaired) electrons. The fourth-order valence-corrected chi connectivity index (χ4v) is 7.00. The van der Waals surface area contributed by atoms with Gasteiger partial charge in [0.05, 0.1) is 22.0 Å². The summed E-state index contributed by atoms with van der Waals surface area (Å²) in [5, 5.41) is 7.59. The monoisotopic (exact) mass is 505 g/mol. The Balaban J connectivity index is 1.62. The minimum atomic E-state index is -0.897. The molecule has 5 rings (SSSR count). The topological polar surface area (TPSA) is 55.2 Å². The summed E-state index contributed by atoms with van der Waals surface area (Å²) in [4.78, 5) is 15.2. The molecule has 0 unspecified atom stereocenters. The van der Waals surface area contributed by atoms with Crippen LogP contribution in [-0.4, -0.2) is 16.8 Å². The van der Waals surface area contributed by atoms with Crippen LogP contribution in [0.2, 0.25) is 0 Å². The number of aromatic nitrogens is 3. The van der Waals surface area contributed by atoms with Crippen LogP contribution in [0.1, 0.15) is 23.4 Å². The quantitative estimate of drug-likeness (QED) is 0.399. The van der Waals surface area contributed by atoms with Crippen molar-refractivity contribution in [3.05, 3.63) is 77.4 Å². The van der Waals surface area contributed by atoms with Crippen molar-refractivity contribution in [2.24, 2.45) is 0 Å². The Labute approximate surface area is 199 Å². The van der Waals surface area contributed by atoms with Gasteiger partial charge in [-0.25, -0.2) is 8.78 Å². The minimum absolute atomic E-state index is 0.146. The highest BCUT2D eigenvalue weighted by atomic mass is 32.2. The van der Waals surface area contributed by atoms with Gasteiger partial charge in [0.25, 0.3) is 10.6 Å². The average molecular weight is 506 g/mol. The Morgan fingerprint density at radius 1 is 1.30 bits per heavy atom. The van der Waals surface area contributed by atoms with Gasteiger partial charge in [-0.15, -0.1) is 11.3 Å². The lowest BCUT2D eigenvalue weighted by molar-refractivity contribution is -0.685. The molecule has 0 aliphatic carbocycles. The fourth-order valence-electron chi connectivity index (χ4n) is 3.66. The summed E-state index contributed by atoms with van der Waals surface area (Å²) in [6.07, 6.45) is 3.94. The van der Waals surface area contributed by atoms with E-state index in [1.54, 1.807) is 27.9 Å². The smallest absolute Gasteiger partial charge is 0.271 e. The number of nitrogens with zero attached hydrogens (tertiary/aromatic N) is 4. The fraction of sp³-hybridized carbons (Fsp3) is 0.227. The van der Waals surface area contributed by atoms with Crippen molar-refractivity contribution in [3.63, 3.8) is 0 Å². The molecule has 4 heterocycles. The van der Waals surface area contributed by atoms with Crippen LogP contribution in [0.25, 0.3) is 11.1 Å². The van der Waals surface area contributed by atoms with Gasteiger partial charge in [0.2, 0.25) is 0 Å². The first-order valence-corrected chi connectivity index (χ1v) is 12.6. The Bertz CT molecular complexity index is 1550. The van der Waals surface area contributed by atoms with E-state index in [1.165, 1.54) is 17.4 Å².